The van der Waals surface area contributed by atoms with Crippen molar-refractivity contribution in [1.29, 1.82) is 0 Å². The normalized spacial score (nSPS) is 20.2. The van der Waals surface area contributed by atoms with Gasteiger partial charge in [-0.1, -0.05) is 121 Å². The van der Waals surface area contributed by atoms with E-state index < -0.39 is 46.8 Å². The van der Waals surface area contributed by atoms with Gasteiger partial charge in [0, 0.05) is 28.1 Å². The predicted molar refractivity (Wildman–Crippen MR) is 236 cm³/mol. The molecule has 0 unspecified atom stereocenters. The second-order valence-electron chi connectivity index (χ2n) is 15.6. The number of hydrogen-bond donors (Lipinski definition) is 1. The number of ether oxygens (including phenoxy) is 3. The molecular weight excluding hydrogens is 780 g/mol. The van der Waals surface area contributed by atoms with Crippen LogP contribution in [0.15, 0.2) is 162 Å². The van der Waals surface area contributed by atoms with Gasteiger partial charge >= 0.3 is 16.4 Å². The predicted octanol–water partition coefficient (Wildman–Crippen LogP) is 13.4. The topological polar surface area (TPSA) is 102 Å². The molecule has 0 bridgehead atoms. The minimum Gasteiger partial charge on any atom is -0.408 e. The lowest BCUT2D eigenvalue weighted by Crippen LogP contribution is -2.41. The van der Waals surface area contributed by atoms with Crippen LogP contribution in [-0.2, 0) is 14.2 Å². The molecule has 0 aliphatic carbocycles. The molecule has 0 spiro atoms. The van der Waals surface area contributed by atoms with Gasteiger partial charge in [-0.15, -0.1) is 0 Å². The highest BCUT2D eigenvalue weighted by Crippen LogP contribution is 2.46. The lowest BCUT2D eigenvalue weighted by atomic mass is 9.99. The summed E-state index contributed by atoms with van der Waals surface area (Å²) in [5, 5.41) is 16.3. The van der Waals surface area contributed by atoms with Gasteiger partial charge in [0.15, 0.2) is 12.1 Å². The number of fused-ring (bicyclic) bond motifs is 15. The standard InChI is InChI=1S/C48H37NO8P2/c1-48(2)51-46-45(57-59-55-38-25-21-30-13-5-9-17-34(30)43(38)44-35-18-10-6-14-31(35)22-26-39(44)56-59)40(50-47(46)52-48)27-49-58-53-36-23-19-28-11-3-7-15-32(28)41(36)42-33-16-8-4-12-29(33)20-24-37(42)54-58/h3-26,40,45-47,49H,27H2,1-2H3/t40-,45-,46-,47-/m1/s1. The SMILES string of the molecule is CC1(C)O[C@H]2O[C@H](CNp3oc4ccc5ccccc5c4c4c(ccc5ccccc54)o3)[C@@H](Op3oc4ccc5ccccc5c4c4c(ccc5ccccc54)o3)[C@H]2O1. The number of nitrogens with one attached hydrogen (secondary N) is 1. The van der Waals surface area contributed by atoms with E-state index in [-0.39, 0.29) is 0 Å². The highest BCUT2D eigenvalue weighted by molar-refractivity contribution is 7.38. The molecule has 10 aromatic rings. The maximum Gasteiger partial charge on any atom is 0.387 e. The monoisotopic (exact) mass is 817 g/mol. The fraction of sp³-hybridized carbons (Fsp3) is 0.167. The molecule has 59 heavy (non-hydrogen) atoms. The van der Waals surface area contributed by atoms with Crippen LogP contribution in [0, 0.1) is 0 Å². The Balaban J connectivity index is 0.975. The second kappa shape index (κ2) is 13.7. The molecule has 12 rings (SSSR count). The zero-order chi connectivity index (χ0) is 39.2. The lowest BCUT2D eigenvalue weighted by molar-refractivity contribution is -0.210. The molecule has 2 fully saturated rings. The minimum absolute atomic E-state index is 0.300. The van der Waals surface area contributed by atoms with E-state index in [4.69, 9.17) is 35.5 Å². The van der Waals surface area contributed by atoms with Gasteiger partial charge in [0.05, 0.1) is 0 Å². The first-order valence-corrected chi connectivity index (χ1v) is 22.0. The summed E-state index contributed by atoms with van der Waals surface area (Å²) in [4.78, 5) is 0. The Morgan fingerprint density at radius 1 is 0.508 bits per heavy atom. The molecule has 4 heterocycles. The van der Waals surface area contributed by atoms with Crippen LogP contribution in [0.5, 0.6) is 0 Å². The van der Waals surface area contributed by atoms with Crippen molar-refractivity contribution < 1.29 is 35.5 Å². The van der Waals surface area contributed by atoms with Crippen molar-refractivity contribution in [3.05, 3.63) is 146 Å². The average molecular weight is 818 g/mol. The van der Waals surface area contributed by atoms with Crippen molar-refractivity contribution in [3.8, 4) is 0 Å². The number of rotatable bonds is 5. The molecule has 0 saturated carbocycles. The smallest absolute Gasteiger partial charge is 0.387 e. The fourth-order valence-electron chi connectivity index (χ4n) is 8.93. The van der Waals surface area contributed by atoms with Crippen molar-refractivity contribution in [3.63, 3.8) is 0 Å². The van der Waals surface area contributed by atoms with Crippen molar-refractivity contribution in [2.75, 3.05) is 11.6 Å². The van der Waals surface area contributed by atoms with E-state index in [9.17, 15) is 0 Å². The Morgan fingerprint density at radius 2 is 0.915 bits per heavy atom. The quantitative estimate of drug-likeness (QED) is 0.182. The third-order valence-electron chi connectivity index (χ3n) is 11.5. The maximum atomic E-state index is 6.94. The van der Waals surface area contributed by atoms with Crippen LogP contribution in [-0.4, -0.2) is 36.9 Å². The van der Waals surface area contributed by atoms with Gasteiger partial charge in [0.1, 0.15) is 40.6 Å². The summed E-state index contributed by atoms with van der Waals surface area (Å²) in [6, 6.07) is 49.9. The first-order chi connectivity index (χ1) is 28.9. The van der Waals surface area contributed by atoms with Gasteiger partial charge in [-0.05, 0) is 81.2 Å². The molecule has 2 aromatic heterocycles. The Bertz CT molecular complexity index is 3200. The third-order valence-corrected chi connectivity index (χ3v) is 13.8. The Labute approximate surface area is 339 Å². The maximum absolute atomic E-state index is 6.94. The molecule has 8 aromatic carbocycles. The molecular formula is C48H37NO8P2. The van der Waals surface area contributed by atoms with Crippen LogP contribution < -0.4 is 9.61 Å². The van der Waals surface area contributed by atoms with Gasteiger partial charge < -0.3 is 31.0 Å². The van der Waals surface area contributed by atoms with Crippen LogP contribution >= 0.6 is 16.4 Å². The van der Waals surface area contributed by atoms with Gasteiger partial charge in [0.2, 0.25) is 0 Å². The number of hydrogen-bond acceptors (Lipinski definition) is 9. The zero-order valence-electron chi connectivity index (χ0n) is 32.0. The average Bonchev–Trinajstić information content (AvgIpc) is 3.57. The molecule has 0 amide bonds. The van der Waals surface area contributed by atoms with Gasteiger partial charge in [-0.25, -0.2) is 5.09 Å². The molecule has 4 atom stereocenters. The second-order valence-corrected chi connectivity index (χ2v) is 17.8. The van der Waals surface area contributed by atoms with Crippen LogP contribution in [0.3, 0.4) is 0 Å². The van der Waals surface area contributed by atoms with Gasteiger partial charge in [-0.2, -0.15) is 0 Å². The lowest BCUT2D eigenvalue weighted by Gasteiger charge is -2.24. The highest BCUT2D eigenvalue weighted by atomic mass is 31.1. The summed E-state index contributed by atoms with van der Waals surface area (Å²) >= 11 is 0. The van der Waals surface area contributed by atoms with Gasteiger partial charge in [-0.3, -0.25) is 4.52 Å². The van der Waals surface area contributed by atoms with E-state index in [1.807, 2.05) is 50.2 Å². The van der Waals surface area contributed by atoms with Crippen LogP contribution in [0.2, 0.25) is 0 Å². The molecule has 0 radical (unpaired) electrons. The molecule has 11 heteroatoms. The van der Waals surface area contributed by atoms with Crippen LogP contribution in [0.4, 0.5) is 0 Å². The summed E-state index contributed by atoms with van der Waals surface area (Å²) in [7, 11) is -3.71. The molecule has 9 nitrogen and oxygen atoms in total. The summed E-state index contributed by atoms with van der Waals surface area (Å²) < 4.78 is 53.3. The minimum atomic E-state index is -2.01. The van der Waals surface area contributed by atoms with Crippen molar-refractivity contribution >= 4 is 103 Å². The Morgan fingerprint density at radius 3 is 1.36 bits per heavy atom. The summed E-state index contributed by atoms with van der Waals surface area (Å²) in [6.07, 6.45) is -2.40. The molecule has 292 valence electrons. The van der Waals surface area contributed by atoms with Crippen molar-refractivity contribution in [2.45, 2.75) is 44.2 Å². The van der Waals surface area contributed by atoms with Crippen LogP contribution in [0.25, 0.3) is 87.0 Å². The fourth-order valence-corrected chi connectivity index (χ4v) is 11.3. The van der Waals surface area contributed by atoms with Crippen molar-refractivity contribution in [1.82, 2.24) is 0 Å². The van der Waals surface area contributed by atoms with Crippen LogP contribution in [0.1, 0.15) is 13.8 Å². The summed E-state index contributed by atoms with van der Waals surface area (Å²) in [5.41, 5.74) is 2.84. The first kappa shape index (κ1) is 35.4. The van der Waals surface area contributed by atoms with E-state index in [1.165, 1.54) is 0 Å². The number of benzene rings is 8. The molecule has 2 saturated heterocycles. The summed E-state index contributed by atoms with van der Waals surface area (Å²) in [6.45, 7) is 4.06. The zero-order valence-corrected chi connectivity index (χ0v) is 33.8. The van der Waals surface area contributed by atoms with Crippen molar-refractivity contribution in [2.24, 2.45) is 0 Å². The highest BCUT2D eigenvalue weighted by Gasteiger charge is 2.56. The third kappa shape index (κ3) is 5.96. The van der Waals surface area contributed by atoms with E-state index in [1.54, 1.807) is 0 Å². The Hall–Kier alpha value is -5.60. The van der Waals surface area contributed by atoms with E-state index in [2.05, 4.69) is 114 Å². The molecule has 2 aliphatic rings. The Kier molecular flexibility index (Phi) is 8.23. The van der Waals surface area contributed by atoms with E-state index >= 15 is 0 Å². The van der Waals surface area contributed by atoms with E-state index in [0.29, 0.717) is 17.7 Å². The molecule has 2 aliphatic heterocycles. The van der Waals surface area contributed by atoms with Gasteiger partial charge in [0.25, 0.3) is 0 Å². The summed E-state index contributed by atoms with van der Waals surface area (Å²) in [5.74, 6) is -0.874. The molecule has 1 N–H and O–H groups in total. The largest absolute Gasteiger partial charge is 0.408 e. The van der Waals surface area contributed by atoms with E-state index in [0.717, 1.165) is 75.8 Å². The first-order valence-electron chi connectivity index (χ1n) is 19.8.